The summed E-state index contributed by atoms with van der Waals surface area (Å²) in [5.41, 5.74) is 7.59. The number of amidine groups is 1. The summed E-state index contributed by atoms with van der Waals surface area (Å²) in [5, 5.41) is 8.26. The lowest BCUT2D eigenvalue weighted by Crippen LogP contribution is -2.15. The van der Waals surface area contributed by atoms with E-state index < -0.39 is 0 Å². The predicted molar refractivity (Wildman–Crippen MR) is 76.3 cm³/mol. The first-order valence-electron chi connectivity index (χ1n) is 5.73. The van der Waals surface area contributed by atoms with Crippen molar-refractivity contribution in [1.29, 1.82) is 5.41 Å². The Morgan fingerprint density at radius 3 is 2.47 bits per heavy atom. The third-order valence-electron chi connectivity index (χ3n) is 2.60. The van der Waals surface area contributed by atoms with Crippen LogP contribution in [-0.2, 0) is 0 Å². The van der Waals surface area contributed by atoms with Gasteiger partial charge < -0.3 is 10.5 Å². The van der Waals surface area contributed by atoms with Crippen LogP contribution in [0.5, 0.6) is 11.5 Å². The van der Waals surface area contributed by atoms with Gasteiger partial charge in [0.15, 0.2) is 0 Å². The molecule has 2 rings (SSSR count). The number of pyridine rings is 1. The zero-order valence-electron chi connectivity index (χ0n) is 10.7. The largest absolute Gasteiger partial charge is 0.456 e. The van der Waals surface area contributed by atoms with Crippen molar-refractivity contribution in [3.8, 4) is 11.5 Å². The monoisotopic (exact) mass is 275 g/mol. The van der Waals surface area contributed by atoms with E-state index in [1.807, 2.05) is 6.92 Å². The zero-order chi connectivity index (χ0) is 14.0. The van der Waals surface area contributed by atoms with Gasteiger partial charge in [0, 0.05) is 16.8 Å². The molecule has 0 atom stereocenters. The molecule has 2 aromatic rings. The lowest BCUT2D eigenvalue weighted by Gasteiger charge is -2.13. The van der Waals surface area contributed by atoms with Crippen LogP contribution < -0.4 is 10.5 Å². The maximum atomic E-state index is 7.62. The molecule has 0 aliphatic heterocycles. The third kappa shape index (κ3) is 3.03. The Kier molecular flexibility index (Phi) is 3.71. The summed E-state index contributed by atoms with van der Waals surface area (Å²) in [7, 11) is 0. The molecule has 0 bridgehead atoms. The van der Waals surface area contributed by atoms with E-state index in [-0.39, 0.29) is 5.84 Å². The van der Waals surface area contributed by atoms with E-state index in [0.29, 0.717) is 27.8 Å². The van der Waals surface area contributed by atoms with Gasteiger partial charge in [-0.15, -0.1) is 0 Å². The number of rotatable bonds is 3. The molecule has 0 saturated carbocycles. The van der Waals surface area contributed by atoms with E-state index in [9.17, 15) is 0 Å². The number of hydrogen-bond acceptors (Lipinski definition) is 3. The second-order valence-electron chi connectivity index (χ2n) is 4.19. The lowest BCUT2D eigenvalue weighted by molar-refractivity contribution is 0.479. The highest BCUT2D eigenvalue weighted by atomic mass is 35.5. The van der Waals surface area contributed by atoms with Gasteiger partial charge >= 0.3 is 0 Å². The van der Waals surface area contributed by atoms with Crippen molar-refractivity contribution in [2.75, 3.05) is 0 Å². The highest BCUT2D eigenvalue weighted by Crippen LogP contribution is 2.28. The maximum Gasteiger partial charge on any atom is 0.141 e. The first-order valence-corrected chi connectivity index (χ1v) is 6.11. The number of nitrogens with two attached hydrogens (primary N) is 1. The topological polar surface area (TPSA) is 72.0 Å². The predicted octanol–water partition coefficient (Wildman–Crippen LogP) is 3.43. The number of aryl methyl sites for hydroxylation is 2. The van der Waals surface area contributed by atoms with Crippen molar-refractivity contribution >= 4 is 17.4 Å². The zero-order valence-corrected chi connectivity index (χ0v) is 11.5. The summed E-state index contributed by atoms with van der Waals surface area (Å²) in [4.78, 5) is 4.29. The van der Waals surface area contributed by atoms with E-state index in [0.717, 1.165) is 5.69 Å². The molecule has 3 N–H and O–H groups in total. The van der Waals surface area contributed by atoms with Crippen LogP contribution in [0.25, 0.3) is 0 Å². The first kappa shape index (κ1) is 13.4. The normalized spacial score (nSPS) is 10.3. The molecular formula is C14H14ClN3O. The number of aromatic nitrogens is 1. The average molecular weight is 276 g/mol. The fraction of sp³-hybridized carbons (Fsp3) is 0.143. The van der Waals surface area contributed by atoms with Crippen LogP contribution in [0.3, 0.4) is 0 Å². The fourth-order valence-corrected chi connectivity index (χ4v) is 1.96. The van der Waals surface area contributed by atoms with E-state index >= 15 is 0 Å². The summed E-state index contributed by atoms with van der Waals surface area (Å²) in [6.07, 6.45) is 0. The van der Waals surface area contributed by atoms with Crippen LogP contribution in [0.2, 0.25) is 5.02 Å². The molecule has 0 aliphatic rings. The Hall–Kier alpha value is -2.07. The molecule has 0 saturated heterocycles. The van der Waals surface area contributed by atoms with Gasteiger partial charge in [0.25, 0.3) is 0 Å². The molecule has 0 aliphatic carbocycles. The van der Waals surface area contributed by atoms with E-state index in [4.69, 9.17) is 27.5 Å². The molecule has 1 aromatic heterocycles. The Morgan fingerprint density at radius 2 is 1.89 bits per heavy atom. The number of hydrogen-bond donors (Lipinski definition) is 2. The molecule has 0 radical (unpaired) electrons. The molecule has 0 fully saturated rings. The first-order chi connectivity index (χ1) is 8.97. The summed E-state index contributed by atoms with van der Waals surface area (Å²) in [6, 6.07) is 8.77. The average Bonchev–Trinajstić information content (AvgIpc) is 2.30. The Labute approximate surface area is 116 Å². The summed E-state index contributed by atoms with van der Waals surface area (Å²) >= 11 is 5.83. The van der Waals surface area contributed by atoms with Crippen molar-refractivity contribution in [2.45, 2.75) is 13.8 Å². The summed E-state index contributed by atoms with van der Waals surface area (Å²) in [6.45, 7) is 3.67. The minimum Gasteiger partial charge on any atom is -0.456 e. The van der Waals surface area contributed by atoms with Crippen LogP contribution in [0.15, 0.2) is 30.3 Å². The van der Waals surface area contributed by atoms with Gasteiger partial charge in [-0.05, 0) is 38.1 Å². The molecule has 0 spiro atoms. The Morgan fingerprint density at radius 1 is 1.26 bits per heavy atom. The van der Waals surface area contributed by atoms with Crippen molar-refractivity contribution in [3.05, 3.63) is 52.3 Å². The van der Waals surface area contributed by atoms with Crippen LogP contribution in [0, 0.1) is 19.3 Å². The third-order valence-corrected chi connectivity index (χ3v) is 2.86. The quantitative estimate of drug-likeness (QED) is 0.666. The van der Waals surface area contributed by atoms with E-state index in [2.05, 4.69) is 4.98 Å². The van der Waals surface area contributed by atoms with Gasteiger partial charge in [0.2, 0.25) is 0 Å². The maximum absolute atomic E-state index is 7.62. The molecule has 0 amide bonds. The minimum absolute atomic E-state index is 0.0611. The van der Waals surface area contributed by atoms with Gasteiger partial charge in [-0.1, -0.05) is 11.6 Å². The van der Waals surface area contributed by atoms with E-state index in [1.165, 1.54) is 0 Å². The number of halogens is 1. The Bertz CT molecular complexity index is 623. The van der Waals surface area contributed by atoms with Gasteiger partial charge in [0.05, 0.1) is 11.3 Å². The SMILES string of the molecule is Cc1cc(Oc2ccc(Cl)cc2)c(C(=N)N)c(C)n1. The van der Waals surface area contributed by atoms with Gasteiger partial charge in [-0.2, -0.15) is 0 Å². The lowest BCUT2D eigenvalue weighted by atomic mass is 10.1. The number of nitrogens with zero attached hydrogens (tertiary/aromatic N) is 1. The van der Waals surface area contributed by atoms with E-state index in [1.54, 1.807) is 37.3 Å². The standard InChI is InChI=1S/C14H14ClN3O/c1-8-7-12(13(14(16)17)9(2)18-8)19-11-5-3-10(15)4-6-11/h3-7H,1-2H3,(H3,16,17). The molecule has 1 aromatic carbocycles. The van der Waals surface area contributed by atoms with Crippen molar-refractivity contribution in [1.82, 2.24) is 4.98 Å². The number of ether oxygens (including phenoxy) is 1. The second kappa shape index (κ2) is 5.28. The van der Waals surface area contributed by atoms with Gasteiger partial charge in [-0.25, -0.2) is 0 Å². The smallest absolute Gasteiger partial charge is 0.141 e. The molecular weight excluding hydrogens is 262 g/mol. The van der Waals surface area contributed by atoms with Crippen molar-refractivity contribution < 1.29 is 4.74 Å². The van der Waals surface area contributed by atoms with Crippen LogP contribution >= 0.6 is 11.6 Å². The van der Waals surface area contributed by atoms with Crippen molar-refractivity contribution in [2.24, 2.45) is 5.73 Å². The van der Waals surface area contributed by atoms with Crippen LogP contribution in [0.1, 0.15) is 17.0 Å². The molecule has 19 heavy (non-hydrogen) atoms. The molecule has 1 heterocycles. The van der Waals surface area contributed by atoms with Crippen LogP contribution in [-0.4, -0.2) is 10.8 Å². The summed E-state index contributed by atoms with van der Waals surface area (Å²) in [5.74, 6) is 1.10. The summed E-state index contributed by atoms with van der Waals surface area (Å²) < 4.78 is 5.77. The van der Waals surface area contributed by atoms with Gasteiger partial charge in [-0.3, -0.25) is 10.4 Å². The highest BCUT2D eigenvalue weighted by molar-refractivity contribution is 6.30. The molecule has 0 unspecified atom stereocenters. The molecule has 4 nitrogen and oxygen atoms in total. The molecule has 98 valence electrons. The second-order valence-corrected chi connectivity index (χ2v) is 4.63. The Balaban J connectivity index is 2.44. The number of nitrogen functional groups attached to an aromatic ring is 1. The molecule has 5 heteroatoms. The number of benzene rings is 1. The van der Waals surface area contributed by atoms with Crippen molar-refractivity contribution in [3.63, 3.8) is 0 Å². The number of nitrogens with one attached hydrogen (secondary N) is 1. The van der Waals surface area contributed by atoms with Crippen LogP contribution in [0.4, 0.5) is 0 Å². The highest BCUT2D eigenvalue weighted by Gasteiger charge is 2.13. The minimum atomic E-state index is -0.0611. The van der Waals surface area contributed by atoms with Gasteiger partial charge in [0.1, 0.15) is 17.3 Å². The fourth-order valence-electron chi connectivity index (χ4n) is 1.83.